The highest BCUT2D eigenvalue weighted by Crippen LogP contribution is 1.96. The van der Waals surface area contributed by atoms with Crippen molar-refractivity contribution >= 4 is 14.7 Å². The molecule has 1 unspecified atom stereocenters. The molecule has 4 nitrogen and oxygen atoms in total. The number of hydrogen-bond acceptors (Lipinski definition) is 1. The summed E-state index contributed by atoms with van der Waals surface area (Å²) in [7, 11) is -1.28. The molecule has 0 radical (unpaired) electrons. The van der Waals surface area contributed by atoms with Crippen molar-refractivity contribution in [1.82, 2.24) is 0 Å². The molecule has 4 N–H and O–H groups in total. The van der Waals surface area contributed by atoms with Crippen molar-refractivity contribution in [2.75, 3.05) is 0 Å². The fraction of sp³-hybridized carbons (Fsp3) is 0. The number of carbonyl (C=O) groups excluding carboxylic acids is 1. The van der Waals surface area contributed by atoms with Crippen LogP contribution in [0.15, 0.2) is 0 Å². The Morgan fingerprint density at radius 1 is 1.67 bits per heavy atom. The Hall–Kier alpha value is -0.500. The van der Waals surface area contributed by atoms with Crippen molar-refractivity contribution in [1.29, 1.82) is 0 Å². The van der Waals surface area contributed by atoms with Gasteiger partial charge in [-0.15, -0.1) is 0 Å². The van der Waals surface area contributed by atoms with Crippen molar-refractivity contribution in [2.24, 2.45) is 11.5 Å². The second-order valence-corrected chi connectivity index (χ2v) is 1.04. The van der Waals surface area contributed by atoms with E-state index in [2.05, 4.69) is 4.21 Å². The maximum Gasteiger partial charge on any atom is 0.497 e. The van der Waals surface area contributed by atoms with Crippen LogP contribution in [0.2, 0.25) is 0 Å². The van der Waals surface area contributed by atoms with Gasteiger partial charge in [0.1, 0.15) is 0 Å². The molecule has 0 aliphatic heterocycles. The van der Waals surface area contributed by atoms with Crippen LogP contribution < -0.4 is 11.5 Å². The molecule has 0 saturated heterocycles. The quantitative estimate of drug-likeness (QED) is 0.336. The average molecular weight is 109 g/mol. The highest BCUT2D eigenvalue weighted by molar-refractivity contribution is 7.15. The van der Waals surface area contributed by atoms with Crippen LogP contribution in [0.4, 0.5) is 4.21 Å². The maximum absolute atomic E-state index is 9.42. The van der Waals surface area contributed by atoms with E-state index < -0.39 is 8.69 Å². The highest BCUT2D eigenvalue weighted by Gasteiger charge is 1.85. The Bertz CT molecular complexity index is 75.6. The molecule has 0 fully saturated rings. The molecule has 0 heterocycles. The highest BCUT2D eigenvalue weighted by atomic mass is 31.1. The fourth-order valence-corrected chi connectivity index (χ4v) is 0.167. The predicted octanol–water partition coefficient (Wildman–Crippen LogP) is -0.769. The van der Waals surface area contributed by atoms with E-state index in [0.29, 0.717) is 0 Å². The third-order valence-electron chi connectivity index (χ3n) is 0.184. The van der Waals surface area contributed by atoms with Crippen LogP contribution in [-0.4, -0.2) is 6.03 Å². The largest absolute Gasteiger partial charge is 0.497 e. The summed E-state index contributed by atoms with van der Waals surface area (Å²) in [5.74, 6) is 0. The van der Waals surface area contributed by atoms with Crippen molar-refractivity contribution < 1.29 is 8.78 Å². The molecule has 1 atom stereocenters. The van der Waals surface area contributed by atoms with Crippen molar-refractivity contribution in [3.05, 3.63) is 0 Å². The molecule has 0 aliphatic rings. The summed E-state index contributed by atoms with van der Waals surface area (Å²) in [6.45, 7) is 0. The molecule has 0 rings (SSSR count). The second kappa shape index (κ2) is 2.72. The van der Waals surface area contributed by atoms with Gasteiger partial charge in [-0.2, -0.15) is 4.21 Å². The van der Waals surface area contributed by atoms with Crippen LogP contribution >= 0.6 is 8.69 Å². The van der Waals surface area contributed by atoms with E-state index in [1.165, 1.54) is 0 Å². The van der Waals surface area contributed by atoms with Gasteiger partial charge in [0, 0.05) is 0 Å². The van der Waals surface area contributed by atoms with Gasteiger partial charge in [0.15, 0.2) is 0 Å². The maximum atomic E-state index is 9.42. The predicted molar refractivity (Wildman–Crippen MR) is 24.2 cm³/mol. The molecule has 6 heavy (non-hydrogen) atoms. The number of urea groups is 1. The van der Waals surface area contributed by atoms with Gasteiger partial charge in [-0.05, 0) is 0 Å². The van der Waals surface area contributed by atoms with E-state index >= 15 is 0 Å². The average Bonchev–Trinajstić information content (AvgIpc) is 1.35. The van der Waals surface area contributed by atoms with Crippen LogP contribution in [0, 0.1) is 0 Å². The van der Waals surface area contributed by atoms with E-state index in [0.717, 1.165) is 0 Å². The fourth-order valence-electron chi connectivity index (χ4n) is 0.0556. The van der Waals surface area contributed by atoms with Gasteiger partial charge in [0.2, 0.25) is 0 Å². The lowest BCUT2D eigenvalue weighted by atomic mass is 11.2. The van der Waals surface area contributed by atoms with E-state index in [4.69, 9.17) is 11.5 Å². The zero-order chi connectivity index (χ0) is 4.99. The lowest BCUT2D eigenvalue weighted by molar-refractivity contribution is 0.0969. The molecule has 0 aromatic carbocycles. The lowest BCUT2D eigenvalue weighted by Crippen LogP contribution is -2.19. The standard InChI is InChI=1S/CH6N2O2P/c2-1(3)5-6-4/h2-3,6H2/q+1. The topological polar surface area (TPSA) is 80.4 Å². The first-order valence-electron chi connectivity index (χ1n) is 1.25. The molecule has 0 aliphatic carbocycles. The molecule has 36 valence electrons. The number of amides is 2. The van der Waals surface area contributed by atoms with Gasteiger partial charge < -0.3 is 11.5 Å². The van der Waals surface area contributed by atoms with Crippen LogP contribution in [0.1, 0.15) is 0 Å². The molecular formula is CH6N2O2P+. The molecule has 0 saturated carbocycles. The molecule has 0 aromatic rings. The van der Waals surface area contributed by atoms with Crippen LogP contribution in [-0.2, 0) is 4.57 Å². The molecule has 0 spiro atoms. The minimum Gasteiger partial charge on any atom is -0.303 e. The lowest BCUT2D eigenvalue weighted by Gasteiger charge is -1.62. The van der Waals surface area contributed by atoms with Gasteiger partial charge in [-0.3, -0.25) is 0 Å². The summed E-state index contributed by atoms with van der Waals surface area (Å²) in [6, 6.07) is -0.236. The van der Waals surface area contributed by atoms with Crippen molar-refractivity contribution in [3.63, 3.8) is 0 Å². The number of primary amides is 2. The molecular weight excluding hydrogens is 103 g/mol. The normalized spacial score (nSPS) is 9.33. The van der Waals surface area contributed by atoms with Gasteiger partial charge in [-0.1, -0.05) is 0 Å². The minimum atomic E-state index is -1.28. The first-order chi connectivity index (χ1) is 2.77. The van der Waals surface area contributed by atoms with Crippen LogP contribution in [0.3, 0.4) is 0 Å². The zero-order valence-corrected chi connectivity index (χ0v) is 4.20. The summed E-state index contributed by atoms with van der Waals surface area (Å²) in [5.41, 5.74) is 9.39. The molecule has 2 amide bonds. The number of nitrogens with two attached hydrogens (primary N) is 2. The first kappa shape index (κ1) is 5.50. The van der Waals surface area contributed by atoms with Gasteiger partial charge in [-0.25, -0.2) is 4.57 Å². The van der Waals surface area contributed by atoms with Crippen molar-refractivity contribution in [3.8, 4) is 0 Å². The van der Waals surface area contributed by atoms with E-state index in [9.17, 15) is 4.57 Å². The Balaban J connectivity index is 3.41. The van der Waals surface area contributed by atoms with E-state index in [-0.39, 0.29) is 6.03 Å². The van der Waals surface area contributed by atoms with Crippen LogP contribution in [0.25, 0.3) is 0 Å². The summed E-state index contributed by atoms with van der Waals surface area (Å²) in [4.78, 5) is 0. The Morgan fingerprint density at radius 3 is 2.17 bits per heavy atom. The minimum absolute atomic E-state index is 0.236. The number of rotatable bonds is 1. The molecule has 0 aromatic heterocycles. The van der Waals surface area contributed by atoms with E-state index in [1.807, 2.05) is 0 Å². The van der Waals surface area contributed by atoms with Gasteiger partial charge >= 0.3 is 14.7 Å². The Kier molecular flexibility index (Phi) is 2.50. The SMILES string of the molecule is NC(N)=[O+][PH2]=O. The van der Waals surface area contributed by atoms with Crippen molar-refractivity contribution in [2.45, 2.75) is 0 Å². The second-order valence-electron chi connectivity index (χ2n) is 0.616. The zero-order valence-electron chi connectivity index (χ0n) is 3.05. The van der Waals surface area contributed by atoms with Gasteiger partial charge in [0.25, 0.3) is 0 Å². The van der Waals surface area contributed by atoms with E-state index in [1.54, 1.807) is 0 Å². The summed E-state index contributed by atoms with van der Waals surface area (Å²) < 4.78 is 13.5. The summed E-state index contributed by atoms with van der Waals surface area (Å²) >= 11 is 0. The third kappa shape index (κ3) is 3.50. The summed E-state index contributed by atoms with van der Waals surface area (Å²) in [5, 5.41) is 0. The monoisotopic (exact) mass is 109 g/mol. The van der Waals surface area contributed by atoms with Crippen LogP contribution in [0.5, 0.6) is 0 Å². The Morgan fingerprint density at radius 2 is 2.17 bits per heavy atom. The first-order valence-corrected chi connectivity index (χ1v) is 2.20. The smallest absolute Gasteiger partial charge is 0.303 e. The third-order valence-corrected chi connectivity index (χ3v) is 0.553. The van der Waals surface area contributed by atoms with Gasteiger partial charge in [0.05, 0.1) is 0 Å². The molecule has 0 bridgehead atoms. The molecule has 5 heteroatoms. The summed E-state index contributed by atoms with van der Waals surface area (Å²) in [6.07, 6.45) is 0. The number of hydrogen-bond donors (Lipinski definition) is 2. The Labute approximate surface area is 36.1 Å².